The largest absolute Gasteiger partial charge is 0.573 e. The van der Waals surface area contributed by atoms with Crippen LogP contribution in [0.15, 0.2) is 63.8 Å². The molecule has 3 rings (SSSR count). The molecule has 27 heavy (non-hydrogen) atoms. The molecule has 140 valence electrons. The summed E-state index contributed by atoms with van der Waals surface area (Å²) in [7, 11) is 0. The molecular weight excluding hydrogens is 361 g/mol. The van der Waals surface area contributed by atoms with E-state index in [-0.39, 0.29) is 16.9 Å². The fraction of sp³-hybridized carbons (Fsp3) is 0.150. The number of aryl methyl sites for hydroxylation is 2. The highest BCUT2D eigenvalue weighted by atomic mass is 19.4. The van der Waals surface area contributed by atoms with Crippen LogP contribution in [0, 0.1) is 13.8 Å². The van der Waals surface area contributed by atoms with Gasteiger partial charge in [0.05, 0.1) is 5.56 Å². The van der Waals surface area contributed by atoms with E-state index in [0.717, 1.165) is 6.07 Å². The molecule has 0 aliphatic heterocycles. The van der Waals surface area contributed by atoms with Gasteiger partial charge in [0.25, 0.3) is 0 Å². The van der Waals surface area contributed by atoms with Gasteiger partial charge in [-0.1, -0.05) is 18.2 Å². The van der Waals surface area contributed by atoms with Crippen molar-refractivity contribution in [3.63, 3.8) is 0 Å². The Morgan fingerprint density at radius 1 is 0.889 bits per heavy atom. The van der Waals surface area contributed by atoms with E-state index in [1.54, 1.807) is 38.1 Å². The van der Waals surface area contributed by atoms with Crippen molar-refractivity contribution in [3.8, 4) is 28.4 Å². The van der Waals surface area contributed by atoms with Crippen molar-refractivity contribution in [1.29, 1.82) is 0 Å². The molecule has 0 unspecified atom stereocenters. The van der Waals surface area contributed by atoms with Crippen LogP contribution in [-0.4, -0.2) is 6.36 Å². The summed E-state index contributed by atoms with van der Waals surface area (Å²) in [6.07, 6.45) is -4.77. The molecule has 0 spiro atoms. The highest BCUT2D eigenvalue weighted by Gasteiger charge is 2.31. The van der Waals surface area contributed by atoms with Crippen LogP contribution in [0.5, 0.6) is 17.2 Å². The van der Waals surface area contributed by atoms with Crippen LogP contribution >= 0.6 is 0 Å². The van der Waals surface area contributed by atoms with E-state index in [1.165, 1.54) is 24.3 Å². The zero-order chi connectivity index (χ0) is 19.6. The number of ether oxygens (including phenoxy) is 2. The van der Waals surface area contributed by atoms with Gasteiger partial charge >= 0.3 is 6.36 Å². The Bertz CT molecular complexity index is 1000. The van der Waals surface area contributed by atoms with E-state index in [9.17, 15) is 18.0 Å². The summed E-state index contributed by atoms with van der Waals surface area (Å²) in [4.78, 5) is 12.2. The first kappa shape index (κ1) is 18.6. The third-order valence-electron chi connectivity index (χ3n) is 3.66. The Hall–Kier alpha value is -3.22. The molecular formula is C20H15F3O4. The lowest BCUT2D eigenvalue weighted by Crippen LogP contribution is -2.16. The lowest BCUT2D eigenvalue weighted by molar-refractivity contribution is -0.274. The van der Waals surface area contributed by atoms with Gasteiger partial charge in [-0.25, -0.2) is 0 Å². The van der Waals surface area contributed by atoms with E-state index in [0.29, 0.717) is 28.4 Å². The first-order valence-electron chi connectivity index (χ1n) is 7.97. The molecule has 0 aliphatic carbocycles. The first-order chi connectivity index (χ1) is 12.7. The van der Waals surface area contributed by atoms with Crippen molar-refractivity contribution < 1.29 is 27.1 Å². The van der Waals surface area contributed by atoms with Crippen molar-refractivity contribution in [2.24, 2.45) is 0 Å². The van der Waals surface area contributed by atoms with Crippen LogP contribution in [-0.2, 0) is 0 Å². The van der Waals surface area contributed by atoms with Crippen molar-refractivity contribution in [2.75, 3.05) is 0 Å². The maximum absolute atomic E-state index is 12.3. The van der Waals surface area contributed by atoms with E-state index in [2.05, 4.69) is 4.74 Å². The summed E-state index contributed by atoms with van der Waals surface area (Å²) >= 11 is 0. The lowest BCUT2D eigenvalue weighted by Gasteiger charge is -2.11. The molecule has 7 heteroatoms. The van der Waals surface area contributed by atoms with Gasteiger partial charge in [0.2, 0.25) is 0 Å². The Kier molecular flexibility index (Phi) is 4.94. The van der Waals surface area contributed by atoms with E-state index in [1.807, 2.05) is 0 Å². The minimum Gasteiger partial charge on any atom is -0.466 e. The lowest BCUT2D eigenvalue weighted by atomic mass is 10.0. The molecule has 0 fully saturated rings. The molecule has 0 aliphatic rings. The first-order valence-corrected chi connectivity index (χ1v) is 7.97. The Morgan fingerprint density at radius 3 is 2.19 bits per heavy atom. The summed E-state index contributed by atoms with van der Waals surface area (Å²) in [5, 5.41) is 0. The molecule has 2 aromatic carbocycles. The number of hydrogen-bond acceptors (Lipinski definition) is 4. The molecule has 1 heterocycles. The van der Waals surface area contributed by atoms with Gasteiger partial charge in [-0.2, -0.15) is 0 Å². The molecule has 0 atom stereocenters. The van der Waals surface area contributed by atoms with Gasteiger partial charge in [-0.15, -0.1) is 13.2 Å². The molecule has 0 saturated heterocycles. The molecule has 3 aromatic rings. The van der Waals surface area contributed by atoms with Crippen molar-refractivity contribution in [2.45, 2.75) is 20.2 Å². The van der Waals surface area contributed by atoms with Crippen LogP contribution in [0.2, 0.25) is 0 Å². The quantitative estimate of drug-likeness (QED) is 0.593. The third kappa shape index (κ3) is 4.69. The highest BCUT2D eigenvalue weighted by Crippen LogP contribution is 2.30. The Morgan fingerprint density at radius 2 is 1.56 bits per heavy atom. The molecule has 1 aromatic heterocycles. The molecule has 0 N–H and O–H groups in total. The van der Waals surface area contributed by atoms with Crippen LogP contribution in [0.3, 0.4) is 0 Å². The van der Waals surface area contributed by atoms with Crippen LogP contribution < -0.4 is 14.9 Å². The number of benzene rings is 2. The van der Waals surface area contributed by atoms with Crippen LogP contribution in [0.4, 0.5) is 13.2 Å². The van der Waals surface area contributed by atoms with Gasteiger partial charge < -0.3 is 13.9 Å². The third-order valence-corrected chi connectivity index (χ3v) is 3.66. The maximum atomic E-state index is 12.3. The molecule has 0 saturated carbocycles. The summed E-state index contributed by atoms with van der Waals surface area (Å²) in [6.45, 7) is 3.41. The highest BCUT2D eigenvalue weighted by molar-refractivity contribution is 5.65. The van der Waals surface area contributed by atoms with Crippen molar-refractivity contribution in [3.05, 3.63) is 76.3 Å². The van der Waals surface area contributed by atoms with E-state index < -0.39 is 6.36 Å². The van der Waals surface area contributed by atoms with Gasteiger partial charge in [0.1, 0.15) is 28.8 Å². The molecule has 4 nitrogen and oxygen atoms in total. The van der Waals surface area contributed by atoms with E-state index >= 15 is 0 Å². The number of alkyl halides is 3. The molecule has 0 bridgehead atoms. The number of halogens is 3. The zero-order valence-corrected chi connectivity index (χ0v) is 14.5. The Labute approximate surface area is 152 Å². The molecule has 0 amide bonds. The maximum Gasteiger partial charge on any atom is 0.573 e. The second-order valence-corrected chi connectivity index (χ2v) is 5.80. The summed E-state index contributed by atoms with van der Waals surface area (Å²) < 4.78 is 51.8. The Balaban J connectivity index is 1.81. The topological polar surface area (TPSA) is 48.7 Å². The monoisotopic (exact) mass is 376 g/mol. The second-order valence-electron chi connectivity index (χ2n) is 5.80. The minimum atomic E-state index is -4.77. The molecule has 0 radical (unpaired) electrons. The average molecular weight is 376 g/mol. The standard InChI is InChI=1S/C20H15F3O4/c1-12-10-18(24)19(13(2)25-12)14-6-8-15(9-7-14)26-16-4-3-5-17(11-16)27-20(21,22)23/h3-11H,1-2H3. The van der Waals surface area contributed by atoms with E-state index in [4.69, 9.17) is 9.15 Å². The van der Waals surface area contributed by atoms with Gasteiger partial charge in [-0.3, -0.25) is 4.79 Å². The minimum absolute atomic E-state index is 0.151. The fourth-order valence-electron chi connectivity index (χ4n) is 2.66. The predicted molar refractivity (Wildman–Crippen MR) is 93.1 cm³/mol. The van der Waals surface area contributed by atoms with Gasteiger partial charge in [-0.05, 0) is 43.7 Å². The second kappa shape index (κ2) is 7.19. The fourth-order valence-corrected chi connectivity index (χ4v) is 2.66. The number of rotatable bonds is 4. The number of hydrogen-bond donors (Lipinski definition) is 0. The van der Waals surface area contributed by atoms with Crippen LogP contribution in [0.25, 0.3) is 11.1 Å². The van der Waals surface area contributed by atoms with Gasteiger partial charge in [0, 0.05) is 12.1 Å². The van der Waals surface area contributed by atoms with Crippen molar-refractivity contribution >= 4 is 0 Å². The smallest absolute Gasteiger partial charge is 0.466 e. The summed E-state index contributed by atoms with van der Waals surface area (Å²) in [6, 6.07) is 13.2. The average Bonchev–Trinajstić information content (AvgIpc) is 2.54. The summed E-state index contributed by atoms with van der Waals surface area (Å²) in [5.41, 5.74) is 0.956. The summed E-state index contributed by atoms with van der Waals surface area (Å²) in [5.74, 6) is 1.25. The SMILES string of the molecule is Cc1cc(=O)c(-c2ccc(Oc3cccc(OC(F)(F)F)c3)cc2)c(C)o1. The van der Waals surface area contributed by atoms with Crippen molar-refractivity contribution in [1.82, 2.24) is 0 Å². The van der Waals surface area contributed by atoms with Crippen LogP contribution in [0.1, 0.15) is 11.5 Å². The normalized spacial score (nSPS) is 11.3. The predicted octanol–water partition coefficient (Wildman–Crippen LogP) is 5.61. The van der Waals surface area contributed by atoms with Gasteiger partial charge in [0.15, 0.2) is 5.43 Å². The zero-order valence-electron chi connectivity index (χ0n) is 14.5.